The molecule has 6 nitrogen and oxygen atoms in total. The van der Waals surface area contributed by atoms with Crippen molar-refractivity contribution in [2.45, 2.75) is 76.7 Å². The van der Waals surface area contributed by atoms with Gasteiger partial charge < -0.3 is 9.29 Å². The van der Waals surface area contributed by atoms with Gasteiger partial charge in [0.05, 0.1) is 16.6 Å². The summed E-state index contributed by atoms with van der Waals surface area (Å²) in [6, 6.07) is 2.66. The third-order valence-corrected chi connectivity index (χ3v) is 7.00. The van der Waals surface area contributed by atoms with Crippen LogP contribution in [0.3, 0.4) is 0 Å². The molecule has 162 valence electrons. The fourth-order valence-corrected chi connectivity index (χ4v) is 4.35. The van der Waals surface area contributed by atoms with Crippen LogP contribution in [0.4, 0.5) is 4.39 Å². The van der Waals surface area contributed by atoms with Crippen molar-refractivity contribution in [3.05, 3.63) is 39.7 Å². The Balaban J connectivity index is 1.93. The van der Waals surface area contributed by atoms with Gasteiger partial charge in [-0.3, -0.25) is 9.36 Å². The lowest BCUT2D eigenvalue weighted by Gasteiger charge is -2.25. The zero-order valence-corrected chi connectivity index (χ0v) is 18.7. The summed E-state index contributed by atoms with van der Waals surface area (Å²) in [5.41, 5.74) is 0.964. The Bertz CT molecular complexity index is 1050. The van der Waals surface area contributed by atoms with Gasteiger partial charge in [-0.05, 0) is 71.9 Å². The van der Waals surface area contributed by atoms with Crippen LogP contribution in [0.2, 0.25) is 0 Å². The van der Waals surface area contributed by atoms with Gasteiger partial charge in [-0.15, -0.1) is 0 Å². The van der Waals surface area contributed by atoms with Gasteiger partial charge in [0, 0.05) is 18.2 Å². The van der Waals surface area contributed by atoms with Crippen molar-refractivity contribution >= 4 is 28.0 Å². The third kappa shape index (κ3) is 4.18. The summed E-state index contributed by atoms with van der Waals surface area (Å²) in [5, 5.41) is 0.229. The molecule has 0 N–H and O–H groups in total. The summed E-state index contributed by atoms with van der Waals surface area (Å²) >= 11 is -1.50. The number of nitrogens with zero attached hydrogens (tertiary/aromatic N) is 3. The van der Waals surface area contributed by atoms with Crippen molar-refractivity contribution in [3.63, 3.8) is 0 Å². The molecule has 2 atom stereocenters. The normalized spacial score (nSPS) is 21.8. The van der Waals surface area contributed by atoms with Gasteiger partial charge in [0.25, 0.3) is 5.56 Å². The van der Waals surface area contributed by atoms with Crippen molar-refractivity contribution < 1.29 is 13.7 Å². The van der Waals surface area contributed by atoms with Crippen LogP contribution >= 0.6 is 0 Å². The summed E-state index contributed by atoms with van der Waals surface area (Å²) in [7, 11) is 0. The minimum Gasteiger partial charge on any atom is -0.591 e. The molecule has 2 aromatic rings. The minimum absolute atomic E-state index is 0.102. The Kier molecular flexibility index (Phi) is 5.76. The van der Waals surface area contributed by atoms with Crippen LogP contribution in [-0.2, 0) is 16.1 Å². The predicted octanol–water partition coefficient (Wildman–Crippen LogP) is 4.38. The summed E-state index contributed by atoms with van der Waals surface area (Å²) in [5.74, 6) is 0.0869. The Morgan fingerprint density at radius 1 is 1.30 bits per heavy atom. The summed E-state index contributed by atoms with van der Waals surface area (Å²) in [6.07, 6.45) is 4.42. The molecule has 2 heterocycles. The molecule has 0 bridgehead atoms. The summed E-state index contributed by atoms with van der Waals surface area (Å²) < 4.78 is 38.4. The molecule has 1 aliphatic heterocycles. The molecule has 2 aliphatic rings. The van der Waals surface area contributed by atoms with Crippen molar-refractivity contribution in [2.75, 3.05) is 6.61 Å². The molecule has 1 aromatic heterocycles. The molecule has 8 heteroatoms. The van der Waals surface area contributed by atoms with Gasteiger partial charge in [0.15, 0.2) is 0 Å². The maximum absolute atomic E-state index is 14.5. The first-order valence-electron chi connectivity index (χ1n) is 10.5. The first-order valence-corrected chi connectivity index (χ1v) is 11.6. The van der Waals surface area contributed by atoms with Gasteiger partial charge in [-0.2, -0.15) is 0 Å². The molecule has 0 unspecified atom stereocenters. The second kappa shape index (κ2) is 8.05. The number of fused-ring (bicyclic) bond motifs is 1. The van der Waals surface area contributed by atoms with Crippen LogP contribution in [0.5, 0.6) is 0 Å². The lowest BCUT2D eigenvalue weighted by molar-refractivity contribution is 0.00660. The molecule has 1 aromatic carbocycles. The fraction of sp³-hybridized carbons (Fsp3) is 0.591. The third-order valence-electron chi connectivity index (χ3n) is 5.51. The highest BCUT2D eigenvalue weighted by Crippen LogP contribution is 2.38. The van der Waals surface area contributed by atoms with Gasteiger partial charge in [-0.25, -0.2) is 9.37 Å². The first-order chi connectivity index (χ1) is 14.2. The van der Waals surface area contributed by atoms with E-state index >= 15 is 0 Å². The van der Waals surface area contributed by atoms with Crippen LogP contribution in [0, 0.1) is 5.82 Å². The molecule has 30 heavy (non-hydrogen) atoms. The zero-order chi connectivity index (χ0) is 21.6. The van der Waals surface area contributed by atoms with E-state index < -0.39 is 21.9 Å². The van der Waals surface area contributed by atoms with Crippen molar-refractivity contribution in [1.29, 1.82) is 0 Å². The van der Waals surface area contributed by atoms with Crippen molar-refractivity contribution in [1.82, 2.24) is 9.55 Å². The molecule has 1 saturated carbocycles. The quantitative estimate of drug-likeness (QED) is 0.529. The molecule has 4 rings (SSSR count). The Labute approximate surface area is 178 Å². The SMILES string of the molecule is CC(=N[S@+]([O-])C(C)(C)C)c1cc(F)cc2c(=O)n(C3CC3)c([C@@H]3CCCCO3)nc12. The van der Waals surface area contributed by atoms with Crippen LogP contribution in [0.25, 0.3) is 10.9 Å². The number of hydrogen-bond acceptors (Lipinski definition) is 5. The molecule has 2 fully saturated rings. The molecule has 1 aliphatic carbocycles. The maximum Gasteiger partial charge on any atom is 0.261 e. The molecule has 0 radical (unpaired) electrons. The van der Waals surface area contributed by atoms with E-state index in [1.54, 1.807) is 11.5 Å². The standard InChI is InChI=1S/C22H28FN3O3S/c1-13(25-30(28)22(2,3)4)16-11-14(23)12-17-19(16)24-20(18-7-5-6-10-29-18)26(21(17)27)15-8-9-15/h11-12,15,18H,5-10H2,1-4H3/t18-,30+/m0/s1. The average molecular weight is 434 g/mol. The highest BCUT2D eigenvalue weighted by molar-refractivity contribution is 7.91. The fourth-order valence-electron chi connectivity index (χ4n) is 3.73. The van der Waals surface area contributed by atoms with Crippen LogP contribution in [-0.4, -0.2) is 31.2 Å². The Hall–Kier alpha value is -1.77. The number of aromatic nitrogens is 2. The molecular weight excluding hydrogens is 405 g/mol. The second-order valence-corrected chi connectivity index (χ2v) is 11.0. The number of hydrogen-bond donors (Lipinski definition) is 0. The van der Waals surface area contributed by atoms with E-state index in [4.69, 9.17) is 9.72 Å². The van der Waals surface area contributed by atoms with Gasteiger partial charge in [0.1, 0.15) is 33.9 Å². The summed E-state index contributed by atoms with van der Waals surface area (Å²) in [6.45, 7) is 7.81. The highest BCUT2D eigenvalue weighted by Gasteiger charge is 2.33. The number of ether oxygens (including phenoxy) is 1. The van der Waals surface area contributed by atoms with Crippen LogP contribution in [0.15, 0.2) is 21.3 Å². The van der Waals surface area contributed by atoms with Gasteiger partial charge >= 0.3 is 0 Å². The van der Waals surface area contributed by atoms with Gasteiger partial charge in [-0.1, -0.05) is 4.40 Å². The highest BCUT2D eigenvalue weighted by atomic mass is 32.2. The Morgan fingerprint density at radius 3 is 2.63 bits per heavy atom. The maximum atomic E-state index is 14.5. The molecule has 0 amide bonds. The van der Waals surface area contributed by atoms with Crippen LogP contribution < -0.4 is 5.56 Å². The van der Waals surface area contributed by atoms with Crippen LogP contribution in [0.1, 0.15) is 83.3 Å². The van der Waals surface area contributed by atoms with E-state index in [1.807, 2.05) is 20.8 Å². The number of halogens is 1. The van der Waals surface area contributed by atoms with E-state index in [0.29, 0.717) is 29.2 Å². The first kappa shape index (κ1) is 21.5. The van der Waals surface area contributed by atoms with E-state index in [9.17, 15) is 13.7 Å². The lowest BCUT2D eigenvalue weighted by atomic mass is 10.0. The topological polar surface area (TPSA) is 79.5 Å². The molecule has 1 saturated heterocycles. The minimum atomic E-state index is -1.50. The largest absolute Gasteiger partial charge is 0.591 e. The van der Waals surface area contributed by atoms with E-state index in [-0.39, 0.29) is 23.1 Å². The van der Waals surface area contributed by atoms with E-state index in [2.05, 4.69) is 4.40 Å². The lowest BCUT2D eigenvalue weighted by Crippen LogP contribution is -2.29. The summed E-state index contributed by atoms with van der Waals surface area (Å²) in [4.78, 5) is 18.2. The predicted molar refractivity (Wildman–Crippen MR) is 117 cm³/mol. The smallest absolute Gasteiger partial charge is 0.261 e. The molecular formula is C22H28FN3O3S. The number of benzene rings is 1. The van der Waals surface area contributed by atoms with E-state index in [1.165, 1.54) is 12.1 Å². The van der Waals surface area contributed by atoms with Crippen molar-refractivity contribution in [3.8, 4) is 0 Å². The monoisotopic (exact) mass is 433 g/mol. The Morgan fingerprint density at radius 2 is 2.03 bits per heavy atom. The van der Waals surface area contributed by atoms with E-state index in [0.717, 1.165) is 32.1 Å². The zero-order valence-electron chi connectivity index (χ0n) is 17.9. The van der Waals surface area contributed by atoms with Crippen molar-refractivity contribution in [2.24, 2.45) is 4.40 Å². The second-order valence-electron chi connectivity index (χ2n) is 9.12. The average Bonchev–Trinajstić information content (AvgIpc) is 3.52. The van der Waals surface area contributed by atoms with Gasteiger partial charge in [0.2, 0.25) is 0 Å². The molecule has 0 spiro atoms. The number of rotatable bonds is 4.